The van der Waals surface area contributed by atoms with Gasteiger partial charge in [0.2, 0.25) is 0 Å². The first-order valence-corrected chi connectivity index (χ1v) is 6.42. The van der Waals surface area contributed by atoms with Gasteiger partial charge in [0, 0.05) is 23.6 Å². The Morgan fingerprint density at radius 1 is 1.35 bits per heavy atom. The van der Waals surface area contributed by atoms with Crippen LogP contribution in [-0.4, -0.2) is 27.1 Å². The van der Waals surface area contributed by atoms with E-state index in [9.17, 15) is 4.79 Å². The second kappa shape index (κ2) is 6.10. The third-order valence-electron chi connectivity index (χ3n) is 3.27. The standard InChI is InChI=1S/C14H17N3O3/c15-14(17-20)11-6-3-5-10-9(8-16-13(10)11)4-1-2-7-12(18)19/h3,5-6,8,16,20H,1-2,4,7H2,(H2,15,17)(H,18,19). The number of aromatic amines is 1. The van der Waals surface area contributed by atoms with E-state index < -0.39 is 5.97 Å². The van der Waals surface area contributed by atoms with Gasteiger partial charge in [0.25, 0.3) is 0 Å². The zero-order chi connectivity index (χ0) is 14.5. The van der Waals surface area contributed by atoms with E-state index in [1.54, 1.807) is 6.07 Å². The molecule has 6 nitrogen and oxygen atoms in total. The van der Waals surface area contributed by atoms with Crippen LogP contribution in [0.4, 0.5) is 0 Å². The predicted octanol–water partition coefficient (Wildman–Crippen LogP) is 2.06. The summed E-state index contributed by atoms with van der Waals surface area (Å²) in [7, 11) is 0. The summed E-state index contributed by atoms with van der Waals surface area (Å²) in [5, 5.41) is 21.4. The molecule has 0 aliphatic carbocycles. The maximum atomic E-state index is 10.5. The maximum Gasteiger partial charge on any atom is 0.303 e. The van der Waals surface area contributed by atoms with Crippen LogP contribution in [0.1, 0.15) is 30.4 Å². The molecule has 0 atom stereocenters. The summed E-state index contributed by atoms with van der Waals surface area (Å²) >= 11 is 0. The number of hydrogen-bond acceptors (Lipinski definition) is 3. The summed E-state index contributed by atoms with van der Waals surface area (Å²) in [6.45, 7) is 0. The third kappa shape index (κ3) is 2.90. The van der Waals surface area contributed by atoms with Crippen LogP contribution in [0.15, 0.2) is 29.6 Å². The first-order chi connectivity index (χ1) is 9.63. The molecule has 0 spiro atoms. The van der Waals surface area contributed by atoms with Crippen LogP contribution in [-0.2, 0) is 11.2 Å². The van der Waals surface area contributed by atoms with E-state index in [0.717, 1.165) is 29.3 Å². The summed E-state index contributed by atoms with van der Waals surface area (Å²) in [4.78, 5) is 13.6. The van der Waals surface area contributed by atoms with Crippen LogP contribution in [0.2, 0.25) is 0 Å². The molecule has 20 heavy (non-hydrogen) atoms. The van der Waals surface area contributed by atoms with Crippen molar-refractivity contribution in [3.8, 4) is 0 Å². The highest BCUT2D eigenvalue weighted by molar-refractivity contribution is 6.08. The van der Waals surface area contributed by atoms with Gasteiger partial charge in [-0.25, -0.2) is 0 Å². The number of benzene rings is 1. The normalized spacial score (nSPS) is 11.9. The van der Waals surface area contributed by atoms with Crippen molar-refractivity contribution < 1.29 is 15.1 Å². The first kappa shape index (κ1) is 13.9. The van der Waals surface area contributed by atoms with Gasteiger partial charge in [-0.15, -0.1) is 0 Å². The van der Waals surface area contributed by atoms with E-state index in [0.29, 0.717) is 12.0 Å². The van der Waals surface area contributed by atoms with E-state index in [4.69, 9.17) is 16.0 Å². The van der Waals surface area contributed by atoms with Gasteiger partial charge in [-0.2, -0.15) is 0 Å². The fraction of sp³-hybridized carbons (Fsp3) is 0.286. The minimum atomic E-state index is -0.766. The van der Waals surface area contributed by atoms with Gasteiger partial charge in [0.1, 0.15) is 0 Å². The maximum absolute atomic E-state index is 10.5. The zero-order valence-electron chi connectivity index (χ0n) is 11.0. The van der Waals surface area contributed by atoms with Crippen molar-refractivity contribution in [3.63, 3.8) is 0 Å². The Kier molecular flexibility index (Phi) is 4.24. The summed E-state index contributed by atoms with van der Waals surface area (Å²) in [5.41, 5.74) is 8.23. The summed E-state index contributed by atoms with van der Waals surface area (Å²) < 4.78 is 0. The SMILES string of the molecule is NC(=NO)c1cccc2c(CCCCC(=O)O)c[nH]c12. The van der Waals surface area contributed by atoms with Crippen LogP contribution in [0, 0.1) is 0 Å². The number of unbranched alkanes of at least 4 members (excludes halogenated alkanes) is 1. The van der Waals surface area contributed by atoms with Crippen molar-refractivity contribution in [1.29, 1.82) is 0 Å². The average Bonchev–Trinajstić information content (AvgIpc) is 2.85. The number of H-pyrrole nitrogens is 1. The first-order valence-electron chi connectivity index (χ1n) is 6.42. The molecule has 1 heterocycles. The predicted molar refractivity (Wildman–Crippen MR) is 76.0 cm³/mol. The molecule has 5 N–H and O–H groups in total. The molecule has 106 valence electrons. The number of para-hydroxylation sites is 1. The average molecular weight is 275 g/mol. The Morgan fingerprint density at radius 2 is 2.15 bits per heavy atom. The molecule has 0 amide bonds. The number of nitrogens with two attached hydrogens (primary N) is 1. The molecule has 0 radical (unpaired) electrons. The van der Waals surface area contributed by atoms with Gasteiger partial charge in [-0.3, -0.25) is 4.79 Å². The van der Waals surface area contributed by atoms with E-state index in [2.05, 4.69) is 10.1 Å². The molecule has 0 aliphatic heterocycles. The van der Waals surface area contributed by atoms with Crippen molar-refractivity contribution in [2.45, 2.75) is 25.7 Å². The zero-order valence-corrected chi connectivity index (χ0v) is 11.0. The Hall–Kier alpha value is -2.50. The van der Waals surface area contributed by atoms with Crippen molar-refractivity contribution >= 4 is 22.7 Å². The number of aromatic nitrogens is 1. The number of fused-ring (bicyclic) bond motifs is 1. The molecule has 0 unspecified atom stereocenters. The van der Waals surface area contributed by atoms with E-state index in [-0.39, 0.29) is 12.3 Å². The number of hydrogen-bond donors (Lipinski definition) is 4. The number of carbonyl (C=O) groups is 1. The van der Waals surface area contributed by atoms with Crippen LogP contribution in [0.25, 0.3) is 10.9 Å². The largest absolute Gasteiger partial charge is 0.481 e. The molecular formula is C14H17N3O3. The van der Waals surface area contributed by atoms with Gasteiger partial charge in [-0.05, 0) is 30.9 Å². The highest BCUT2D eigenvalue weighted by Gasteiger charge is 2.10. The molecule has 6 heteroatoms. The number of aliphatic carboxylic acids is 1. The van der Waals surface area contributed by atoms with E-state index >= 15 is 0 Å². The number of aryl methyl sites for hydroxylation is 1. The molecular weight excluding hydrogens is 258 g/mol. The fourth-order valence-electron chi connectivity index (χ4n) is 2.28. The van der Waals surface area contributed by atoms with Crippen molar-refractivity contribution in [3.05, 3.63) is 35.5 Å². The van der Waals surface area contributed by atoms with Gasteiger partial charge >= 0.3 is 5.97 Å². The van der Waals surface area contributed by atoms with Gasteiger partial charge < -0.3 is 21.0 Å². The van der Waals surface area contributed by atoms with Gasteiger partial charge in [0.15, 0.2) is 5.84 Å². The minimum Gasteiger partial charge on any atom is -0.481 e. The van der Waals surface area contributed by atoms with Crippen molar-refractivity contribution in [2.24, 2.45) is 10.9 Å². The Morgan fingerprint density at radius 3 is 2.85 bits per heavy atom. The number of oxime groups is 1. The lowest BCUT2D eigenvalue weighted by Gasteiger charge is -2.02. The van der Waals surface area contributed by atoms with Gasteiger partial charge in [-0.1, -0.05) is 17.3 Å². The van der Waals surface area contributed by atoms with Crippen LogP contribution in [0.3, 0.4) is 0 Å². The molecule has 0 fully saturated rings. The molecule has 1 aromatic heterocycles. The molecule has 0 saturated carbocycles. The number of nitrogens with one attached hydrogen (secondary N) is 1. The fourth-order valence-corrected chi connectivity index (χ4v) is 2.28. The Balaban J connectivity index is 2.18. The highest BCUT2D eigenvalue weighted by atomic mass is 16.4. The summed E-state index contributed by atoms with van der Waals surface area (Å²) in [6, 6.07) is 5.60. The lowest BCUT2D eigenvalue weighted by molar-refractivity contribution is -0.137. The number of nitrogens with zero attached hydrogens (tertiary/aromatic N) is 1. The molecule has 0 saturated heterocycles. The Bertz CT molecular complexity index is 646. The van der Waals surface area contributed by atoms with E-state index in [1.165, 1.54) is 0 Å². The van der Waals surface area contributed by atoms with E-state index in [1.807, 2.05) is 18.3 Å². The molecule has 2 aromatic rings. The topological polar surface area (TPSA) is 112 Å². The third-order valence-corrected chi connectivity index (χ3v) is 3.27. The Labute approximate surface area is 115 Å². The number of amidine groups is 1. The molecule has 0 bridgehead atoms. The van der Waals surface area contributed by atoms with Crippen LogP contribution >= 0.6 is 0 Å². The van der Waals surface area contributed by atoms with Crippen LogP contribution in [0.5, 0.6) is 0 Å². The van der Waals surface area contributed by atoms with Crippen molar-refractivity contribution in [2.75, 3.05) is 0 Å². The lowest BCUT2D eigenvalue weighted by atomic mass is 10.0. The minimum absolute atomic E-state index is 0.0647. The number of carboxylic acids is 1. The summed E-state index contributed by atoms with van der Waals surface area (Å²) in [6.07, 6.45) is 4.35. The molecule has 2 rings (SSSR count). The highest BCUT2D eigenvalue weighted by Crippen LogP contribution is 2.23. The lowest BCUT2D eigenvalue weighted by Crippen LogP contribution is -2.13. The monoisotopic (exact) mass is 275 g/mol. The molecule has 0 aliphatic rings. The second-order valence-electron chi connectivity index (χ2n) is 4.63. The quantitative estimate of drug-likeness (QED) is 0.212. The van der Waals surface area contributed by atoms with Crippen LogP contribution < -0.4 is 5.73 Å². The number of carboxylic acid groups (broad SMARTS) is 1. The number of rotatable bonds is 6. The van der Waals surface area contributed by atoms with Crippen molar-refractivity contribution in [1.82, 2.24) is 4.98 Å². The summed E-state index contributed by atoms with van der Waals surface area (Å²) in [5.74, 6) is -0.701. The molecule has 1 aromatic carbocycles. The smallest absolute Gasteiger partial charge is 0.303 e. The second-order valence-corrected chi connectivity index (χ2v) is 4.63. The van der Waals surface area contributed by atoms with Gasteiger partial charge in [0.05, 0.1) is 5.52 Å².